The molecule has 5 atom stereocenters. The van der Waals surface area contributed by atoms with Gasteiger partial charge in [0, 0.05) is 61.9 Å². The molecule has 5 heterocycles. The Morgan fingerprint density at radius 3 is 2.13 bits per heavy atom. The Morgan fingerprint density at radius 2 is 1.46 bits per heavy atom. The van der Waals surface area contributed by atoms with Gasteiger partial charge in [-0.15, -0.1) is 0 Å². The van der Waals surface area contributed by atoms with Gasteiger partial charge in [0.1, 0.15) is 29.9 Å². The molecule has 4 aromatic carbocycles. The lowest BCUT2D eigenvalue weighted by Gasteiger charge is -2.39. The number of aromatic nitrogens is 3. The Kier molecular flexibility index (Phi) is 17.3. The minimum absolute atomic E-state index is 0.0221. The molecular formula is C60H67N10O13P. The number of imidazole rings is 1. The highest BCUT2D eigenvalue weighted by atomic mass is 31.2. The number of rotatable bonds is 18. The summed E-state index contributed by atoms with van der Waals surface area (Å²) in [5, 5.41) is 11.3. The molecule has 0 bridgehead atoms. The van der Waals surface area contributed by atoms with Gasteiger partial charge < -0.3 is 46.3 Å². The fourth-order valence-electron chi connectivity index (χ4n) is 12.6. The van der Waals surface area contributed by atoms with Crippen molar-refractivity contribution in [1.29, 1.82) is 0 Å². The number of primary amides is 1. The van der Waals surface area contributed by atoms with Crippen LogP contribution in [0.3, 0.4) is 0 Å². The lowest BCUT2D eigenvalue weighted by atomic mass is 9.78. The van der Waals surface area contributed by atoms with Crippen molar-refractivity contribution in [2.45, 2.75) is 120 Å². The number of imide groups is 1. The summed E-state index contributed by atoms with van der Waals surface area (Å²) in [6.07, 6.45) is 4.91. The molecule has 6 aromatic rings. The molecule has 3 aliphatic heterocycles. The second-order valence-corrected chi connectivity index (χ2v) is 24.1. The first-order valence-electron chi connectivity index (χ1n) is 28.4. The van der Waals surface area contributed by atoms with Crippen molar-refractivity contribution >= 4 is 82.3 Å². The van der Waals surface area contributed by atoms with E-state index in [4.69, 9.17) is 5.73 Å². The largest absolute Gasteiger partial charge is 0.396 e. The maximum Gasteiger partial charge on any atom is 0.396 e. The van der Waals surface area contributed by atoms with E-state index in [9.17, 15) is 57.5 Å². The van der Waals surface area contributed by atoms with E-state index in [0.717, 1.165) is 48.8 Å². The fourth-order valence-corrected chi connectivity index (χ4v) is 13.1. The smallest absolute Gasteiger partial charge is 0.370 e. The van der Waals surface area contributed by atoms with Crippen LogP contribution in [0.5, 0.6) is 0 Å². The van der Waals surface area contributed by atoms with Gasteiger partial charge in [-0.2, -0.15) is 0 Å². The molecule has 1 aliphatic carbocycles. The molecule has 1 saturated carbocycles. The Balaban J connectivity index is 0.845. The van der Waals surface area contributed by atoms with Crippen LogP contribution in [-0.4, -0.2) is 124 Å². The van der Waals surface area contributed by atoms with Crippen molar-refractivity contribution < 1.29 is 57.5 Å². The van der Waals surface area contributed by atoms with Gasteiger partial charge in [-0.3, -0.25) is 62.2 Å². The van der Waals surface area contributed by atoms with Crippen molar-refractivity contribution in [3.63, 3.8) is 0 Å². The molecule has 8 amide bonds. The van der Waals surface area contributed by atoms with Gasteiger partial charge in [0.2, 0.25) is 41.4 Å². The van der Waals surface area contributed by atoms with Gasteiger partial charge in [0.25, 0.3) is 11.4 Å². The molecule has 4 aliphatic rings. The molecule has 2 aromatic heterocycles. The molecule has 440 valence electrons. The van der Waals surface area contributed by atoms with Gasteiger partial charge in [-0.1, -0.05) is 66.7 Å². The quantitative estimate of drug-likeness (QED) is 0.0448. The van der Waals surface area contributed by atoms with E-state index < -0.39 is 84.8 Å². The van der Waals surface area contributed by atoms with Gasteiger partial charge in [-0.05, 0) is 129 Å². The Hall–Kier alpha value is -8.53. The van der Waals surface area contributed by atoms with Crippen LogP contribution < -0.4 is 32.7 Å². The lowest BCUT2D eigenvalue weighted by Crippen LogP contribution is -2.62. The Morgan fingerprint density at radius 1 is 0.774 bits per heavy atom. The molecular weight excluding hydrogens is 1100 g/mol. The third-order valence-corrected chi connectivity index (χ3v) is 17.8. The predicted octanol–water partition coefficient (Wildman–Crippen LogP) is 3.90. The van der Waals surface area contributed by atoms with Crippen LogP contribution in [0.2, 0.25) is 0 Å². The minimum atomic E-state index is -5.13. The van der Waals surface area contributed by atoms with Crippen molar-refractivity contribution in [2.75, 3.05) is 13.1 Å². The first-order chi connectivity index (χ1) is 40.2. The summed E-state index contributed by atoms with van der Waals surface area (Å²) in [6.45, 7) is -0.0654. The molecule has 0 radical (unpaired) electrons. The number of hydrogen-bond donors (Lipinski definition) is 8. The number of H-pyrrole nitrogens is 1. The predicted molar refractivity (Wildman–Crippen MR) is 306 cm³/mol. The number of aryl methyl sites for hydroxylation is 1. The number of aromatic amines is 1. The molecule has 3 saturated heterocycles. The number of benzene rings is 4. The van der Waals surface area contributed by atoms with Crippen molar-refractivity contribution in [3.8, 4) is 0 Å². The monoisotopic (exact) mass is 1170 g/mol. The van der Waals surface area contributed by atoms with E-state index in [1.165, 1.54) is 38.3 Å². The zero-order chi connectivity index (χ0) is 59.6. The van der Waals surface area contributed by atoms with Crippen molar-refractivity contribution in [2.24, 2.45) is 24.6 Å². The van der Waals surface area contributed by atoms with E-state index >= 15 is 4.79 Å². The highest BCUT2D eigenvalue weighted by molar-refractivity contribution is 7.70. The summed E-state index contributed by atoms with van der Waals surface area (Å²) >= 11 is 0. The highest BCUT2D eigenvalue weighted by Gasteiger charge is 2.46. The molecule has 0 spiro atoms. The van der Waals surface area contributed by atoms with E-state index in [1.807, 2.05) is 78.9 Å². The summed E-state index contributed by atoms with van der Waals surface area (Å²) in [5.74, 6) is -4.13. The molecule has 2 unspecified atom stereocenters. The van der Waals surface area contributed by atoms with Crippen molar-refractivity contribution in [3.05, 3.63) is 142 Å². The number of hydrogen-bond acceptors (Lipinski definition) is 11. The van der Waals surface area contributed by atoms with Gasteiger partial charge in [0.05, 0.1) is 17.1 Å². The van der Waals surface area contributed by atoms with Crippen LogP contribution in [0.1, 0.15) is 127 Å². The van der Waals surface area contributed by atoms with Crippen LogP contribution in [0.25, 0.3) is 21.9 Å². The summed E-state index contributed by atoms with van der Waals surface area (Å²) in [6, 6.07) is 23.7. The van der Waals surface area contributed by atoms with E-state index in [2.05, 4.69) is 26.3 Å². The number of piperidine rings is 1. The third kappa shape index (κ3) is 12.8. The maximum absolute atomic E-state index is 15.2. The van der Waals surface area contributed by atoms with Gasteiger partial charge in [0.15, 0.2) is 0 Å². The Labute approximate surface area is 482 Å². The minimum Gasteiger partial charge on any atom is -0.370 e. The van der Waals surface area contributed by atoms with E-state index in [0.29, 0.717) is 29.4 Å². The average Bonchev–Trinajstić information content (AvgIpc) is 3.38. The van der Waals surface area contributed by atoms with E-state index in [-0.39, 0.29) is 97.6 Å². The first kappa shape index (κ1) is 58.7. The lowest BCUT2D eigenvalue weighted by molar-refractivity contribution is -0.146. The highest BCUT2D eigenvalue weighted by Crippen LogP contribution is 2.40. The second kappa shape index (κ2) is 24.7. The molecule has 10 rings (SSSR count). The van der Waals surface area contributed by atoms with Crippen LogP contribution in [-0.2, 0) is 51.6 Å². The number of nitrogens with zero attached hydrogens (tertiary/aromatic N) is 4. The Bertz CT molecular complexity index is 3640. The fraction of sp³-hybridized carbons (Fsp3) is 0.400. The van der Waals surface area contributed by atoms with Gasteiger partial charge in [-0.25, -0.2) is 4.79 Å². The van der Waals surface area contributed by atoms with Crippen molar-refractivity contribution in [1.82, 2.24) is 45.2 Å². The normalized spacial score (nSPS) is 21.5. The molecule has 9 N–H and O–H groups in total. The van der Waals surface area contributed by atoms with Crippen LogP contribution in [0, 0.1) is 11.8 Å². The number of nitrogens with two attached hydrogens (primary N) is 1. The number of fused-ring (bicyclic) bond motifs is 3. The number of carbonyl (C=O) groups is 9. The summed E-state index contributed by atoms with van der Waals surface area (Å²) < 4.78 is 14.8. The number of nitrogens with one attached hydrogen (secondary N) is 5. The van der Waals surface area contributed by atoms with Gasteiger partial charge >= 0.3 is 13.3 Å². The topological polar surface area (TPSA) is 335 Å². The van der Waals surface area contributed by atoms with E-state index in [1.54, 1.807) is 11.9 Å². The SMILES string of the molecule is Cn1c(=O)n(C2CCC(=O)NC2=O)c2ccc(CC3CCC(CC(=O)N4CC[C@H]5CC[C@@H](C(=O)NC(CCC(N)=O)C(=O)NC(c6ccccc6)c6ccccc6)N5C(=O)[C@@H](NC(=O)c5cc6cc(C(=O)P(=O)(O)O)ccc6[nH]5)C4)CC3)cc21. The number of amides is 8. The summed E-state index contributed by atoms with van der Waals surface area (Å²) in [4.78, 5) is 161. The third-order valence-electron chi connectivity index (χ3n) is 17.0. The van der Waals surface area contributed by atoms with Crippen LogP contribution in [0.4, 0.5) is 0 Å². The molecule has 4 fully saturated rings. The number of carbonyl (C=O) groups excluding carboxylic acids is 9. The molecule has 24 heteroatoms. The summed E-state index contributed by atoms with van der Waals surface area (Å²) in [5.41, 5.74) is 7.66. The van der Waals surface area contributed by atoms with Crippen LogP contribution >= 0.6 is 7.60 Å². The zero-order valence-electron chi connectivity index (χ0n) is 46.2. The molecule has 84 heavy (non-hydrogen) atoms. The first-order valence-corrected chi connectivity index (χ1v) is 30.0. The average molecular weight is 1170 g/mol. The molecule has 23 nitrogen and oxygen atoms in total. The van der Waals surface area contributed by atoms with Crippen LogP contribution in [0.15, 0.2) is 108 Å². The standard InChI is InChI=1S/C60H67N10O13P/c1-67-49-29-36(16-21-46(49)70(60(67)80)48-23-25-51(72)65-57(48)77)28-34-12-14-35(15-13-34)30-52(73)68-27-26-41-18-22-47(56(76)63-43(20-24-50(61)71)54(74)66-53(37-8-4-2-5-9-37)38-10-6-3-7-11-38)69(41)58(78)45(33-68)64-55(75)44-32-40-31-39(17-19-42(40)62-44)59(79)84(81,82)83/h2-11,16-17,19,21,29,31-32,34-35,41,43,45,47-48,53,62H,12-15,18,20,22-28,30,33H2,1H3,(H2,61,71)(H,63,76)(H,64,75)(H,66,74)(H,65,72,77)(H2,81,82,83)/t34?,35?,41-,43?,45+,47+,48?/m1/s1. The zero-order valence-corrected chi connectivity index (χ0v) is 47.1. The summed E-state index contributed by atoms with van der Waals surface area (Å²) in [7, 11) is -3.47. The maximum atomic E-state index is 15.2. The second-order valence-electron chi connectivity index (χ2n) is 22.6.